The zero-order chi connectivity index (χ0) is 15.8. The van der Waals surface area contributed by atoms with Crippen molar-refractivity contribution in [1.29, 1.82) is 0 Å². The van der Waals surface area contributed by atoms with Gasteiger partial charge in [-0.1, -0.05) is 27.7 Å². The first-order valence-corrected chi connectivity index (χ1v) is 6.28. The molecule has 0 saturated heterocycles. The third-order valence-electron chi connectivity index (χ3n) is 2.49. The molecule has 0 aliphatic heterocycles. The molecule has 19 heavy (non-hydrogen) atoms. The first-order valence-electron chi connectivity index (χ1n) is 5.87. The van der Waals surface area contributed by atoms with Gasteiger partial charge in [0.05, 0.1) is 19.1 Å². The van der Waals surface area contributed by atoms with Gasteiger partial charge >= 0.3 is 5.97 Å². The number of thiocarbonyl (C=S) groups is 1. The first-order chi connectivity index (χ1) is 8.45. The summed E-state index contributed by atoms with van der Waals surface area (Å²) in [5.74, 6) is -0.985. The summed E-state index contributed by atoms with van der Waals surface area (Å²) in [6, 6.07) is 0. The molecule has 0 saturated carbocycles. The Kier molecular flexibility index (Phi) is 9.95. The third kappa shape index (κ3) is 9.77. The fourth-order valence-corrected chi connectivity index (χ4v) is 1.33. The molecule has 7 heteroatoms. The number of aliphatic carboxylic acids is 1. The Bertz CT molecular complexity index is 290. The van der Waals surface area contributed by atoms with Gasteiger partial charge in [0.15, 0.2) is 5.05 Å². The Morgan fingerprint density at radius 2 is 1.63 bits per heavy atom. The molecule has 0 spiro atoms. The zero-order valence-corrected chi connectivity index (χ0v) is 12.5. The Morgan fingerprint density at radius 3 is 1.74 bits per heavy atom. The summed E-state index contributed by atoms with van der Waals surface area (Å²) in [5, 5.41) is 42.5. The average molecular weight is 296 g/mol. The van der Waals surface area contributed by atoms with E-state index in [1.54, 1.807) is 0 Å². The van der Waals surface area contributed by atoms with Crippen molar-refractivity contribution in [2.45, 2.75) is 46.3 Å². The predicted octanol–water partition coefficient (Wildman–Crippen LogP) is 0.729. The molecule has 0 aliphatic rings. The quantitative estimate of drug-likeness (QED) is 0.458. The second-order valence-corrected chi connectivity index (χ2v) is 5.71. The second kappa shape index (κ2) is 9.19. The number of carbonyl (C=O) groups is 1. The number of aliphatic hydroxyl groups is 4. The van der Waals surface area contributed by atoms with E-state index in [4.69, 9.17) is 20.4 Å². The summed E-state index contributed by atoms with van der Waals surface area (Å²) in [5.41, 5.74) is -0.367. The molecule has 2 atom stereocenters. The van der Waals surface area contributed by atoms with Gasteiger partial charge in [0, 0.05) is 5.41 Å². The normalized spacial score (nSPS) is 14.3. The van der Waals surface area contributed by atoms with Gasteiger partial charge in [0.25, 0.3) is 0 Å². The Morgan fingerprint density at radius 1 is 1.21 bits per heavy atom. The van der Waals surface area contributed by atoms with E-state index < -0.39 is 29.6 Å². The van der Waals surface area contributed by atoms with Crippen LogP contribution < -0.4 is 0 Å². The number of aliphatic hydroxyl groups excluding tert-OH is 4. The third-order valence-corrected chi connectivity index (χ3v) is 2.76. The minimum absolute atomic E-state index is 0.0341. The lowest BCUT2D eigenvalue weighted by molar-refractivity contribution is -0.138. The smallest absolute Gasteiger partial charge is 0.306 e. The van der Waals surface area contributed by atoms with E-state index in [1.807, 2.05) is 27.7 Å². The number of carboxylic acid groups (broad SMARTS) is 1. The van der Waals surface area contributed by atoms with E-state index >= 15 is 0 Å². The highest BCUT2D eigenvalue weighted by Crippen LogP contribution is 2.24. The van der Waals surface area contributed by atoms with Crippen LogP contribution in [-0.2, 0) is 4.79 Å². The van der Waals surface area contributed by atoms with Crippen LogP contribution in [0.5, 0.6) is 0 Å². The molecule has 0 radical (unpaired) electrons. The first kappa shape index (κ1) is 20.6. The van der Waals surface area contributed by atoms with Crippen LogP contribution in [0.25, 0.3) is 0 Å². The van der Waals surface area contributed by atoms with Crippen molar-refractivity contribution in [3.63, 3.8) is 0 Å². The van der Waals surface area contributed by atoms with Gasteiger partial charge in [-0.15, -0.1) is 0 Å². The maximum Gasteiger partial charge on any atom is 0.306 e. The summed E-state index contributed by atoms with van der Waals surface area (Å²) >= 11 is 4.08. The van der Waals surface area contributed by atoms with Crippen LogP contribution in [0.2, 0.25) is 0 Å². The van der Waals surface area contributed by atoms with E-state index in [0.29, 0.717) is 0 Å². The van der Waals surface area contributed by atoms with Crippen LogP contribution >= 0.6 is 12.2 Å². The number of hydrogen-bond acceptors (Lipinski definition) is 5. The van der Waals surface area contributed by atoms with Crippen molar-refractivity contribution in [2.75, 3.05) is 6.61 Å². The SMILES string of the molecule is CC(C)C(O)C(C)(C)CO.O=C(O)CC(O)C(O)=S. The van der Waals surface area contributed by atoms with E-state index in [9.17, 15) is 9.90 Å². The summed E-state index contributed by atoms with van der Waals surface area (Å²) in [4.78, 5) is 9.78. The molecule has 0 rings (SSSR count). The highest BCUT2D eigenvalue weighted by atomic mass is 32.1. The molecule has 114 valence electrons. The molecule has 0 bridgehead atoms. The summed E-state index contributed by atoms with van der Waals surface area (Å²) in [7, 11) is 0. The van der Waals surface area contributed by atoms with Gasteiger partial charge in [-0.05, 0) is 18.1 Å². The number of rotatable bonds is 6. The van der Waals surface area contributed by atoms with E-state index in [-0.39, 0.29) is 17.9 Å². The molecule has 6 nitrogen and oxygen atoms in total. The minimum Gasteiger partial charge on any atom is -0.500 e. The molecular weight excluding hydrogens is 272 g/mol. The zero-order valence-electron chi connectivity index (χ0n) is 11.7. The predicted molar refractivity (Wildman–Crippen MR) is 75.2 cm³/mol. The molecule has 0 aliphatic carbocycles. The average Bonchev–Trinajstić information content (AvgIpc) is 2.27. The lowest BCUT2D eigenvalue weighted by Crippen LogP contribution is -2.36. The van der Waals surface area contributed by atoms with E-state index in [1.165, 1.54) is 0 Å². The van der Waals surface area contributed by atoms with Crippen molar-refractivity contribution in [3.05, 3.63) is 0 Å². The maximum absolute atomic E-state index is 9.78. The summed E-state index contributed by atoms with van der Waals surface area (Å²) in [6.07, 6.45) is -2.38. The molecule has 0 aromatic rings. The highest BCUT2D eigenvalue weighted by Gasteiger charge is 2.28. The molecule has 2 unspecified atom stereocenters. The molecular formula is C12H24O6S. The van der Waals surface area contributed by atoms with Crippen LogP contribution in [-0.4, -0.2) is 55.4 Å². The fraction of sp³-hybridized carbons (Fsp3) is 0.833. The van der Waals surface area contributed by atoms with Crippen LogP contribution in [0.3, 0.4) is 0 Å². The van der Waals surface area contributed by atoms with Crippen molar-refractivity contribution in [2.24, 2.45) is 11.3 Å². The molecule has 0 aromatic carbocycles. The largest absolute Gasteiger partial charge is 0.500 e. The lowest BCUT2D eigenvalue weighted by Gasteiger charge is -2.30. The van der Waals surface area contributed by atoms with Gasteiger partial charge in [-0.3, -0.25) is 4.79 Å². The van der Waals surface area contributed by atoms with Crippen LogP contribution in [0.4, 0.5) is 0 Å². The van der Waals surface area contributed by atoms with Gasteiger partial charge in [0.2, 0.25) is 0 Å². The lowest BCUT2D eigenvalue weighted by atomic mass is 9.82. The Balaban J connectivity index is 0. The second-order valence-electron chi connectivity index (χ2n) is 5.29. The van der Waals surface area contributed by atoms with Crippen molar-refractivity contribution < 1.29 is 30.3 Å². The molecule has 5 N–H and O–H groups in total. The standard InChI is InChI=1S/C8H18O2.C4H6O4S/c1-6(2)7(10)8(3,4)5-9;5-2(4(8)9)1-3(6)7/h6-7,9-10H,5H2,1-4H3;2,5H,1H2,(H,6,7)(H,8,9). The molecule has 0 aromatic heterocycles. The van der Waals surface area contributed by atoms with Crippen LogP contribution in [0, 0.1) is 11.3 Å². The minimum atomic E-state index is -1.42. The van der Waals surface area contributed by atoms with E-state index in [0.717, 1.165) is 0 Å². The van der Waals surface area contributed by atoms with E-state index in [2.05, 4.69) is 12.2 Å². The topological polar surface area (TPSA) is 118 Å². The van der Waals surface area contributed by atoms with Crippen molar-refractivity contribution >= 4 is 23.2 Å². The Hall–Kier alpha value is -0.760. The number of carboxylic acids is 1. The van der Waals surface area contributed by atoms with Crippen LogP contribution in [0.15, 0.2) is 0 Å². The summed E-state index contributed by atoms with van der Waals surface area (Å²) < 4.78 is 0. The van der Waals surface area contributed by atoms with Gasteiger partial charge < -0.3 is 25.5 Å². The van der Waals surface area contributed by atoms with Gasteiger partial charge in [-0.25, -0.2) is 0 Å². The van der Waals surface area contributed by atoms with Crippen LogP contribution in [0.1, 0.15) is 34.1 Å². The highest BCUT2D eigenvalue weighted by molar-refractivity contribution is 7.80. The van der Waals surface area contributed by atoms with Crippen molar-refractivity contribution in [1.82, 2.24) is 0 Å². The molecule has 0 amide bonds. The monoisotopic (exact) mass is 296 g/mol. The van der Waals surface area contributed by atoms with Gasteiger partial charge in [0.1, 0.15) is 6.10 Å². The number of hydrogen-bond donors (Lipinski definition) is 5. The molecule has 0 fully saturated rings. The van der Waals surface area contributed by atoms with Crippen molar-refractivity contribution in [3.8, 4) is 0 Å². The summed E-state index contributed by atoms with van der Waals surface area (Å²) in [6.45, 7) is 7.64. The fourth-order valence-electron chi connectivity index (χ4n) is 1.25. The maximum atomic E-state index is 9.78. The Labute approximate surface area is 118 Å². The molecule has 0 heterocycles. The van der Waals surface area contributed by atoms with Gasteiger partial charge in [-0.2, -0.15) is 0 Å².